The van der Waals surface area contributed by atoms with E-state index >= 15 is 0 Å². The highest BCUT2D eigenvalue weighted by Crippen LogP contribution is 2.64. The number of allylic oxidation sites excluding steroid dienone is 2. The van der Waals surface area contributed by atoms with E-state index in [0.29, 0.717) is 42.8 Å². The van der Waals surface area contributed by atoms with Gasteiger partial charge < -0.3 is 4.79 Å². The largest absolute Gasteiger partial charge is 0.302 e. The minimum absolute atomic E-state index is 0.0989. The van der Waals surface area contributed by atoms with Crippen molar-refractivity contribution in [3.8, 4) is 0 Å². The van der Waals surface area contributed by atoms with E-state index < -0.39 is 5.41 Å². The van der Waals surface area contributed by atoms with Gasteiger partial charge in [-0.15, -0.1) is 0 Å². The molecule has 0 unspecified atom stereocenters. The van der Waals surface area contributed by atoms with Crippen molar-refractivity contribution < 1.29 is 14.4 Å². The van der Waals surface area contributed by atoms with Gasteiger partial charge in [0, 0.05) is 24.7 Å². The third-order valence-electron chi connectivity index (χ3n) is 7.88. The summed E-state index contributed by atoms with van der Waals surface area (Å²) in [5, 5.41) is 0. The highest BCUT2D eigenvalue weighted by atomic mass is 16.1. The van der Waals surface area contributed by atoms with Crippen LogP contribution in [0.3, 0.4) is 0 Å². The number of carbonyl (C=O) groups excluding carboxylic acids is 3. The topological polar surface area (TPSA) is 51.2 Å². The van der Waals surface area contributed by atoms with Crippen molar-refractivity contribution in [1.82, 2.24) is 0 Å². The fourth-order valence-corrected chi connectivity index (χ4v) is 6.65. The maximum Gasteiger partial charge on any atom is 0.139 e. The molecule has 4 aliphatic rings. The van der Waals surface area contributed by atoms with E-state index in [1.807, 2.05) is 0 Å². The quantitative estimate of drug-likeness (QED) is 0.550. The van der Waals surface area contributed by atoms with Crippen LogP contribution >= 0.6 is 0 Å². The van der Waals surface area contributed by atoms with Crippen LogP contribution in [0.5, 0.6) is 0 Å². The van der Waals surface area contributed by atoms with Gasteiger partial charge >= 0.3 is 0 Å². The van der Waals surface area contributed by atoms with Crippen molar-refractivity contribution in [2.75, 3.05) is 0 Å². The predicted molar refractivity (Wildman–Crippen MR) is 86.7 cm³/mol. The molecule has 0 spiro atoms. The molecule has 0 aliphatic heterocycles. The highest BCUT2D eigenvalue weighted by molar-refractivity contribution is 5.88. The number of aldehydes is 1. The second-order valence-electron chi connectivity index (χ2n) is 8.63. The molecule has 0 aromatic heterocycles. The zero-order chi connectivity index (χ0) is 16.4. The van der Waals surface area contributed by atoms with Crippen molar-refractivity contribution in [3.63, 3.8) is 0 Å². The minimum atomic E-state index is -0.441. The lowest BCUT2D eigenvalue weighted by molar-refractivity contribution is -0.139. The second kappa shape index (κ2) is 4.87. The van der Waals surface area contributed by atoms with Crippen molar-refractivity contribution in [2.24, 2.45) is 34.5 Å². The lowest BCUT2D eigenvalue weighted by Gasteiger charge is -2.57. The third-order valence-corrected chi connectivity index (χ3v) is 7.88. The molecule has 3 nitrogen and oxygen atoms in total. The maximum atomic E-state index is 12.4. The van der Waals surface area contributed by atoms with Crippen molar-refractivity contribution in [3.05, 3.63) is 11.6 Å². The van der Waals surface area contributed by atoms with E-state index in [9.17, 15) is 14.4 Å². The summed E-state index contributed by atoms with van der Waals surface area (Å²) in [6.07, 6.45) is 8.88. The molecule has 3 saturated carbocycles. The van der Waals surface area contributed by atoms with Crippen LogP contribution in [0.15, 0.2) is 11.6 Å². The predicted octanol–water partition coefficient (Wildman–Crippen LogP) is 3.51. The molecule has 6 atom stereocenters. The lowest BCUT2D eigenvalue weighted by atomic mass is 9.46. The fourth-order valence-electron chi connectivity index (χ4n) is 6.65. The Morgan fingerprint density at radius 1 is 1.22 bits per heavy atom. The molecule has 0 heterocycles. The summed E-state index contributed by atoms with van der Waals surface area (Å²) in [6, 6.07) is 0. The molecule has 0 N–H and O–H groups in total. The van der Waals surface area contributed by atoms with Crippen molar-refractivity contribution >= 4 is 17.9 Å². The van der Waals surface area contributed by atoms with Gasteiger partial charge in [0.1, 0.15) is 17.9 Å². The number of ketones is 2. The Bertz CT molecular complexity index is 618. The first-order valence-corrected chi connectivity index (χ1v) is 9.14. The molecule has 0 aromatic carbocycles. The minimum Gasteiger partial charge on any atom is -0.302 e. The Kier molecular flexibility index (Phi) is 3.24. The number of rotatable bonds is 1. The van der Waals surface area contributed by atoms with Crippen LogP contribution in [-0.4, -0.2) is 17.9 Å². The van der Waals surface area contributed by atoms with Crippen LogP contribution in [0.4, 0.5) is 0 Å². The third kappa shape index (κ3) is 1.79. The lowest BCUT2D eigenvalue weighted by Crippen LogP contribution is -2.54. The van der Waals surface area contributed by atoms with E-state index in [1.54, 1.807) is 0 Å². The summed E-state index contributed by atoms with van der Waals surface area (Å²) >= 11 is 0. The fraction of sp³-hybridized carbons (Fsp3) is 0.750. The molecule has 4 rings (SSSR count). The van der Waals surface area contributed by atoms with Crippen molar-refractivity contribution in [2.45, 2.75) is 58.8 Å². The smallest absolute Gasteiger partial charge is 0.139 e. The first-order chi connectivity index (χ1) is 10.9. The molecule has 0 radical (unpaired) electrons. The Labute approximate surface area is 137 Å². The van der Waals surface area contributed by atoms with Gasteiger partial charge in [0.25, 0.3) is 0 Å². The zero-order valence-electron chi connectivity index (χ0n) is 14.1. The molecule has 3 fully saturated rings. The van der Waals surface area contributed by atoms with Crippen LogP contribution in [0, 0.1) is 34.5 Å². The summed E-state index contributed by atoms with van der Waals surface area (Å²) in [5.41, 5.74) is 0.485. The maximum absolute atomic E-state index is 12.4. The number of fused-ring (bicyclic) bond motifs is 5. The van der Waals surface area contributed by atoms with Gasteiger partial charge in [-0.25, -0.2) is 0 Å². The van der Waals surface area contributed by atoms with Gasteiger partial charge in [0.15, 0.2) is 0 Å². The average Bonchev–Trinajstić information content (AvgIpc) is 2.82. The summed E-state index contributed by atoms with van der Waals surface area (Å²) in [7, 11) is 0. The molecular formula is C20H26O3. The molecule has 0 aromatic rings. The molecule has 23 heavy (non-hydrogen) atoms. The highest BCUT2D eigenvalue weighted by Gasteiger charge is 2.61. The normalized spacial score (nSPS) is 49.0. The van der Waals surface area contributed by atoms with E-state index in [1.165, 1.54) is 6.29 Å². The Balaban J connectivity index is 1.78. The summed E-state index contributed by atoms with van der Waals surface area (Å²) in [6.45, 7) is 4.24. The van der Waals surface area contributed by atoms with Gasteiger partial charge in [-0.3, -0.25) is 9.59 Å². The van der Waals surface area contributed by atoms with E-state index in [2.05, 4.69) is 19.9 Å². The van der Waals surface area contributed by atoms with Gasteiger partial charge in [0.2, 0.25) is 0 Å². The van der Waals surface area contributed by atoms with Gasteiger partial charge in [-0.1, -0.05) is 25.5 Å². The summed E-state index contributed by atoms with van der Waals surface area (Å²) < 4.78 is 0. The van der Waals surface area contributed by atoms with Crippen LogP contribution in [0.2, 0.25) is 0 Å². The second-order valence-corrected chi connectivity index (χ2v) is 8.63. The van der Waals surface area contributed by atoms with Crippen LogP contribution in [0.25, 0.3) is 0 Å². The summed E-state index contributed by atoms with van der Waals surface area (Å²) in [4.78, 5) is 36.7. The number of hydrogen-bond donors (Lipinski definition) is 0. The first-order valence-electron chi connectivity index (χ1n) is 9.14. The molecule has 0 bridgehead atoms. The standard InChI is InChI=1S/C20H26O3/c1-12-9-14(22)10-13-3-4-15-16-5-6-18(23)19(16,2)8-7-17(15)20(12,13)11-21/h3,11-12,15-17H,4-10H2,1-2H3/t12-,15-,16-,17-,19-,20-/m0/s1. The van der Waals surface area contributed by atoms with Crippen molar-refractivity contribution in [1.29, 1.82) is 0 Å². The zero-order valence-corrected chi connectivity index (χ0v) is 14.1. The molecular weight excluding hydrogens is 288 g/mol. The molecule has 0 saturated heterocycles. The van der Waals surface area contributed by atoms with E-state index in [4.69, 9.17) is 0 Å². The molecule has 0 amide bonds. The van der Waals surface area contributed by atoms with Gasteiger partial charge in [-0.05, 0) is 49.4 Å². The molecule has 124 valence electrons. The monoisotopic (exact) mass is 314 g/mol. The Morgan fingerprint density at radius 3 is 2.74 bits per heavy atom. The SMILES string of the molecule is C[C@H]1CC(=O)CC2=CC[C@@H]3[C@H](CC[C@]4(C)C(=O)CC[C@@H]34)[C@]21C=O. The van der Waals surface area contributed by atoms with Crippen LogP contribution in [-0.2, 0) is 14.4 Å². The Morgan fingerprint density at radius 2 is 2.00 bits per heavy atom. The summed E-state index contributed by atoms with van der Waals surface area (Å²) in [5.74, 6) is 1.99. The van der Waals surface area contributed by atoms with E-state index in [-0.39, 0.29) is 17.1 Å². The van der Waals surface area contributed by atoms with E-state index in [0.717, 1.165) is 31.3 Å². The van der Waals surface area contributed by atoms with Crippen LogP contribution < -0.4 is 0 Å². The molecule has 4 aliphatic carbocycles. The first kappa shape index (κ1) is 15.3. The number of Topliss-reactive ketones (excluding diaryl/α,β-unsaturated/α-hetero) is 2. The molecule has 3 heteroatoms. The van der Waals surface area contributed by atoms with Gasteiger partial charge in [0.05, 0.1) is 5.41 Å². The average molecular weight is 314 g/mol. The van der Waals surface area contributed by atoms with Gasteiger partial charge in [-0.2, -0.15) is 0 Å². The number of hydrogen-bond acceptors (Lipinski definition) is 3. The Hall–Kier alpha value is -1.25. The van der Waals surface area contributed by atoms with Crippen LogP contribution in [0.1, 0.15) is 58.8 Å². The number of carbonyl (C=O) groups is 3.